The molecule has 0 aliphatic heterocycles. The van der Waals surface area contributed by atoms with Gasteiger partial charge in [0.2, 0.25) is 0 Å². The van der Waals surface area contributed by atoms with Crippen LogP contribution in [0.25, 0.3) is 0 Å². The molecule has 23 heavy (non-hydrogen) atoms. The van der Waals surface area contributed by atoms with Gasteiger partial charge in [0.05, 0.1) is 13.2 Å². The highest BCUT2D eigenvalue weighted by molar-refractivity contribution is 5.77. The average Bonchev–Trinajstić information content (AvgIpc) is 2.53. The summed E-state index contributed by atoms with van der Waals surface area (Å²) in [6.45, 7) is 7.52. The molecule has 130 valence electrons. The zero-order valence-corrected chi connectivity index (χ0v) is 14.4. The summed E-state index contributed by atoms with van der Waals surface area (Å²) >= 11 is 0. The second-order valence-corrected chi connectivity index (χ2v) is 5.67. The summed E-state index contributed by atoms with van der Waals surface area (Å²) < 4.78 is 10.8. The smallest absolute Gasteiger partial charge is 0.257 e. The summed E-state index contributed by atoms with van der Waals surface area (Å²) in [6.07, 6.45) is -0.364. The van der Waals surface area contributed by atoms with Crippen molar-refractivity contribution >= 4 is 5.91 Å². The molecule has 1 aromatic carbocycles. The maximum atomic E-state index is 11.4. The minimum absolute atomic E-state index is 0.0393. The number of hydrogen-bond donors (Lipinski definition) is 3. The predicted molar refractivity (Wildman–Crippen MR) is 89.7 cm³/mol. The van der Waals surface area contributed by atoms with Gasteiger partial charge in [-0.3, -0.25) is 4.79 Å². The van der Waals surface area contributed by atoms with Crippen LogP contribution in [-0.4, -0.2) is 43.9 Å². The molecule has 0 aromatic heterocycles. The fourth-order valence-electron chi connectivity index (χ4n) is 1.93. The van der Waals surface area contributed by atoms with E-state index in [-0.39, 0.29) is 24.5 Å². The van der Waals surface area contributed by atoms with Crippen LogP contribution < -0.4 is 20.1 Å². The van der Waals surface area contributed by atoms with Gasteiger partial charge in [-0.25, -0.2) is 0 Å². The first-order valence-corrected chi connectivity index (χ1v) is 7.93. The Balaban J connectivity index is 2.56. The molecule has 1 amide bonds. The van der Waals surface area contributed by atoms with Crippen molar-refractivity contribution in [2.75, 3.05) is 26.8 Å². The summed E-state index contributed by atoms with van der Waals surface area (Å²) in [7, 11) is 1.56. The standard InChI is InChI=1S/C17H28N2O4/c1-5-19-17(21)11-23-15-7-6-13(8-16(15)22-4)9-18-10-14(20)12(2)3/h6-8,12,14,18,20H,5,9-11H2,1-4H3,(H,19,21). The summed E-state index contributed by atoms with van der Waals surface area (Å²) in [4.78, 5) is 11.4. The van der Waals surface area contributed by atoms with E-state index in [0.29, 0.717) is 31.1 Å². The van der Waals surface area contributed by atoms with Crippen molar-refractivity contribution in [1.82, 2.24) is 10.6 Å². The van der Waals surface area contributed by atoms with Crippen LogP contribution in [0, 0.1) is 5.92 Å². The molecule has 0 saturated carbocycles. The molecule has 1 rings (SSSR count). The van der Waals surface area contributed by atoms with E-state index in [4.69, 9.17) is 9.47 Å². The molecule has 0 heterocycles. The van der Waals surface area contributed by atoms with Crippen LogP contribution in [0.2, 0.25) is 0 Å². The van der Waals surface area contributed by atoms with Crippen molar-refractivity contribution in [3.63, 3.8) is 0 Å². The lowest BCUT2D eigenvalue weighted by Gasteiger charge is -2.16. The van der Waals surface area contributed by atoms with E-state index in [2.05, 4.69) is 10.6 Å². The van der Waals surface area contributed by atoms with Gasteiger partial charge < -0.3 is 25.2 Å². The first kappa shape index (κ1) is 19.3. The number of benzene rings is 1. The number of hydrogen-bond acceptors (Lipinski definition) is 5. The van der Waals surface area contributed by atoms with E-state index in [1.165, 1.54) is 0 Å². The van der Waals surface area contributed by atoms with Crippen LogP contribution in [0.1, 0.15) is 26.3 Å². The Labute approximate surface area is 138 Å². The Hall–Kier alpha value is -1.79. The monoisotopic (exact) mass is 324 g/mol. The zero-order valence-electron chi connectivity index (χ0n) is 14.4. The molecule has 3 N–H and O–H groups in total. The lowest BCUT2D eigenvalue weighted by molar-refractivity contribution is -0.123. The zero-order chi connectivity index (χ0) is 17.2. The lowest BCUT2D eigenvalue weighted by atomic mass is 10.1. The van der Waals surface area contributed by atoms with Gasteiger partial charge >= 0.3 is 0 Å². The SMILES string of the molecule is CCNC(=O)COc1ccc(CNCC(O)C(C)C)cc1OC. The van der Waals surface area contributed by atoms with Crippen molar-refractivity contribution < 1.29 is 19.4 Å². The average molecular weight is 324 g/mol. The van der Waals surface area contributed by atoms with Gasteiger partial charge in [0.25, 0.3) is 5.91 Å². The number of aliphatic hydroxyl groups is 1. The number of nitrogens with one attached hydrogen (secondary N) is 2. The van der Waals surface area contributed by atoms with E-state index in [9.17, 15) is 9.90 Å². The number of carbonyl (C=O) groups is 1. The third-order valence-electron chi connectivity index (χ3n) is 3.41. The van der Waals surface area contributed by atoms with Crippen LogP contribution in [0.4, 0.5) is 0 Å². The van der Waals surface area contributed by atoms with Gasteiger partial charge in [0, 0.05) is 19.6 Å². The molecular formula is C17H28N2O4. The van der Waals surface area contributed by atoms with Gasteiger partial charge in [0.1, 0.15) is 0 Å². The number of rotatable bonds is 10. The highest BCUT2D eigenvalue weighted by Gasteiger charge is 2.10. The summed E-state index contributed by atoms with van der Waals surface area (Å²) in [5.41, 5.74) is 1.02. The van der Waals surface area contributed by atoms with Gasteiger partial charge in [-0.1, -0.05) is 19.9 Å². The topological polar surface area (TPSA) is 79.8 Å². The number of carbonyl (C=O) groups excluding carboxylic acids is 1. The summed E-state index contributed by atoms with van der Waals surface area (Å²) in [5.74, 6) is 1.17. The van der Waals surface area contributed by atoms with Crippen molar-refractivity contribution in [3.05, 3.63) is 23.8 Å². The fraction of sp³-hybridized carbons (Fsp3) is 0.588. The molecule has 1 unspecified atom stereocenters. The Morgan fingerprint density at radius 2 is 2.04 bits per heavy atom. The van der Waals surface area contributed by atoms with Crippen molar-refractivity contribution in [1.29, 1.82) is 0 Å². The van der Waals surface area contributed by atoms with Gasteiger partial charge in [-0.05, 0) is 30.5 Å². The largest absolute Gasteiger partial charge is 0.493 e. The first-order valence-electron chi connectivity index (χ1n) is 7.93. The predicted octanol–water partition coefficient (Wildman–Crippen LogP) is 1.32. The molecule has 0 fully saturated rings. The molecule has 1 atom stereocenters. The highest BCUT2D eigenvalue weighted by atomic mass is 16.5. The van der Waals surface area contributed by atoms with Gasteiger partial charge in [0.15, 0.2) is 18.1 Å². The van der Waals surface area contributed by atoms with Crippen LogP contribution in [0.3, 0.4) is 0 Å². The molecule has 0 spiro atoms. The number of aliphatic hydroxyl groups excluding tert-OH is 1. The molecule has 6 nitrogen and oxygen atoms in total. The first-order chi connectivity index (χ1) is 11.0. The molecule has 0 saturated heterocycles. The van der Waals surface area contributed by atoms with Crippen LogP contribution in [-0.2, 0) is 11.3 Å². The number of ether oxygens (including phenoxy) is 2. The van der Waals surface area contributed by atoms with Crippen LogP contribution in [0.5, 0.6) is 11.5 Å². The van der Waals surface area contributed by atoms with E-state index in [0.717, 1.165) is 5.56 Å². The van der Waals surface area contributed by atoms with Crippen molar-refractivity contribution in [3.8, 4) is 11.5 Å². The van der Waals surface area contributed by atoms with Crippen LogP contribution in [0.15, 0.2) is 18.2 Å². The lowest BCUT2D eigenvalue weighted by Crippen LogP contribution is -2.30. The second kappa shape index (κ2) is 10.1. The van der Waals surface area contributed by atoms with E-state index < -0.39 is 0 Å². The molecule has 0 bridgehead atoms. The maximum Gasteiger partial charge on any atom is 0.257 e. The van der Waals surface area contributed by atoms with Crippen molar-refractivity contribution in [2.24, 2.45) is 5.92 Å². The summed E-state index contributed by atoms with van der Waals surface area (Å²) in [6, 6.07) is 5.56. The molecule has 0 radical (unpaired) electrons. The van der Waals surface area contributed by atoms with E-state index in [1.54, 1.807) is 13.2 Å². The third-order valence-corrected chi connectivity index (χ3v) is 3.41. The number of amides is 1. The number of likely N-dealkylation sites (N-methyl/N-ethyl adjacent to an activating group) is 1. The normalized spacial score (nSPS) is 12.1. The minimum Gasteiger partial charge on any atom is -0.493 e. The third kappa shape index (κ3) is 6.88. The molecule has 0 aliphatic rings. The highest BCUT2D eigenvalue weighted by Crippen LogP contribution is 2.28. The van der Waals surface area contributed by atoms with E-state index >= 15 is 0 Å². The van der Waals surface area contributed by atoms with Gasteiger partial charge in [-0.2, -0.15) is 0 Å². The Bertz CT molecular complexity index is 491. The van der Waals surface area contributed by atoms with Crippen LogP contribution >= 0.6 is 0 Å². The van der Waals surface area contributed by atoms with Crippen molar-refractivity contribution in [2.45, 2.75) is 33.4 Å². The summed E-state index contributed by atoms with van der Waals surface area (Å²) in [5, 5.41) is 15.7. The number of methoxy groups -OCH3 is 1. The second-order valence-electron chi connectivity index (χ2n) is 5.67. The molecular weight excluding hydrogens is 296 g/mol. The minimum atomic E-state index is -0.364. The van der Waals surface area contributed by atoms with E-state index in [1.807, 2.05) is 32.9 Å². The molecule has 6 heteroatoms. The molecule has 0 aliphatic carbocycles. The quantitative estimate of drug-likeness (QED) is 0.605. The Kier molecular flexibility index (Phi) is 8.43. The van der Waals surface area contributed by atoms with Gasteiger partial charge in [-0.15, -0.1) is 0 Å². The fourth-order valence-corrected chi connectivity index (χ4v) is 1.93. The molecule has 1 aromatic rings. The maximum absolute atomic E-state index is 11.4. The Morgan fingerprint density at radius 3 is 2.65 bits per heavy atom. The Morgan fingerprint density at radius 1 is 1.30 bits per heavy atom.